The van der Waals surface area contributed by atoms with E-state index in [0.717, 1.165) is 7.11 Å². The van der Waals surface area contributed by atoms with Gasteiger partial charge in [0, 0.05) is 0 Å². The van der Waals surface area contributed by atoms with Gasteiger partial charge in [-0.25, -0.2) is 0 Å². The predicted octanol–water partition coefficient (Wildman–Crippen LogP) is 0.844. The molecule has 0 unspecified atom stereocenters. The molecular formula is C7H10F3NO2. The van der Waals surface area contributed by atoms with Crippen molar-refractivity contribution >= 4 is 5.97 Å². The van der Waals surface area contributed by atoms with Gasteiger partial charge in [-0.2, -0.15) is 13.2 Å². The van der Waals surface area contributed by atoms with E-state index in [-0.39, 0.29) is 0 Å². The number of ether oxygens (including phenoxy) is 1. The number of nitrogens with one attached hydrogen (secondary N) is 1. The van der Waals surface area contributed by atoms with Crippen LogP contribution < -0.4 is 5.32 Å². The average Bonchev–Trinajstić information content (AvgIpc) is 2.79. The van der Waals surface area contributed by atoms with E-state index < -0.39 is 24.2 Å². The van der Waals surface area contributed by atoms with Crippen LogP contribution >= 0.6 is 0 Å². The number of alkyl halides is 3. The Balaban J connectivity index is 2.41. The summed E-state index contributed by atoms with van der Waals surface area (Å²) < 4.78 is 39.7. The summed E-state index contributed by atoms with van der Waals surface area (Å²) >= 11 is 0. The first kappa shape index (κ1) is 10.3. The molecule has 0 atom stereocenters. The second kappa shape index (κ2) is 3.17. The van der Waals surface area contributed by atoms with Gasteiger partial charge >= 0.3 is 12.1 Å². The number of rotatable bonds is 3. The van der Waals surface area contributed by atoms with Crippen molar-refractivity contribution in [1.29, 1.82) is 0 Å². The molecule has 0 saturated heterocycles. The molecule has 0 heterocycles. The van der Waals surface area contributed by atoms with Crippen molar-refractivity contribution in [3.63, 3.8) is 0 Å². The highest BCUT2D eigenvalue weighted by Crippen LogP contribution is 2.37. The molecule has 13 heavy (non-hydrogen) atoms. The van der Waals surface area contributed by atoms with Crippen molar-refractivity contribution in [2.75, 3.05) is 13.7 Å². The standard InChI is InChI=1S/C7H10F3NO2/c1-13-5(12)6(2-3-6)11-4-7(8,9)10/h11H,2-4H2,1H3. The fraction of sp³-hybridized carbons (Fsp3) is 0.857. The van der Waals surface area contributed by atoms with Crippen molar-refractivity contribution in [2.45, 2.75) is 24.6 Å². The van der Waals surface area contributed by atoms with E-state index in [1.165, 1.54) is 0 Å². The van der Waals surface area contributed by atoms with Gasteiger partial charge in [0.25, 0.3) is 0 Å². The molecule has 1 aliphatic rings. The number of hydrogen-bond donors (Lipinski definition) is 1. The molecule has 0 aromatic heterocycles. The normalized spacial score (nSPS) is 19.7. The number of esters is 1. The van der Waals surface area contributed by atoms with Gasteiger partial charge in [-0.15, -0.1) is 0 Å². The Morgan fingerprint density at radius 1 is 1.54 bits per heavy atom. The minimum Gasteiger partial charge on any atom is -0.468 e. The first-order valence-electron chi connectivity index (χ1n) is 3.80. The smallest absolute Gasteiger partial charge is 0.401 e. The molecule has 0 aliphatic heterocycles. The second-order valence-corrected chi connectivity index (χ2v) is 3.04. The molecule has 76 valence electrons. The number of carbonyl (C=O) groups excluding carboxylic acids is 1. The highest BCUT2D eigenvalue weighted by atomic mass is 19.4. The van der Waals surface area contributed by atoms with E-state index in [2.05, 4.69) is 10.1 Å². The zero-order chi connectivity index (χ0) is 10.1. The number of methoxy groups -OCH3 is 1. The Bertz CT molecular complexity index is 210. The first-order valence-corrected chi connectivity index (χ1v) is 3.80. The maximum absolute atomic E-state index is 11.8. The third kappa shape index (κ3) is 2.58. The summed E-state index contributed by atoms with van der Waals surface area (Å²) in [6, 6.07) is 0. The summed E-state index contributed by atoms with van der Waals surface area (Å²) in [5, 5.41) is 2.16. The molecule has 1 rings (SSSR count). The van der Waals surface area contributed by atoms with Crippen LogP contribution in [0.1, 0.15) is 12.8 Å². The van der Waals surface area contributed by atoms with Crippen molar-refractivity contribution in [3.8, 4) is 0 Å². The van der Waals surface area contributed by atoms with Crippen molar-refractivity contribution in [2.24, 2.45) is 0 Å². The molecule has 0 aromatic rings. The summed E-state index contributed by atoms with van der Waals surface area (Å²) in [5.41, 5.74) is -1.07. The molecule has 0 amide bonds. The van der Waals surface area contributed by atoms with E-state index in [4.69, 9.17) is 0 Å². The lowest BCUT2D eigenvalue weighted by molar-refractivity contribution is -0.148. The molecule has 1 N–H and O–H groups in total. The van der Waals surface area contributed by atoms with Crippen LogP contribution in [-0.4, -0.2) is 31.3 Å². The third-order valence-electron chi connectivity index (χ3n) is 1.95. The fourth-order valence-electron chi connectivity index (χ4n) is 1.04. The summed E-state index contributed by atoms with van der Waals surface area (Å²) in [5.74, 6) is -0.614. The highest BCUT2D eigenvalue weighted by Gasteiger charge is 2.52. The van der Waals surface area contributed by atoms with Crippen molar-refractivity contribution in [1.82, 2.24) is 5.32 Å². The van der Waals surface area contributed by atoms with E-state index in [1.54, 1.807) is 0 Å². The van der Waals surface area contributed by atoms with Crippen molar-refractivity contribution < 1.29 is 22.7 Å². The van der Waals surface area contributed by atoms with E-state index >= 15 is 0 Å². The maximum atomic E-state index is 11.8. The van der Waals surface area contributed by atoms with Gasteiger partial charge in [-0.1, -0.05) is 0 Å². The lowest BCUT2D eigenvalue weighted by Crippen LogP contribution is -2.44. The molecule has 1 fully saturated rings. The van der Waals surface area contributed by atoms with Crippen LogP contribution in [0.2, 0.25) is 0 Å². The van der Waals surface area contributed by atoms with Crippen LogP contribution in [0, 0.1) is 0 Å². The molecule has 6 heteroatoms. The third-order valence-corrected chi connectivity index (χ3v) is 1.95. The van der Waals surface area contributed by atoms with Crippen LogP contribution in [0.15, 0.2) is 0 Å². The van der Waals surface area contributed by atoms with Crippen LogP contribution in [0.25, 0.3) is 0 Å². The summed E-state index contributed by atoms with van der Waals surface area (Å²) in [6.45, 7) is -1.15. The minimum atomic E-state index is -4.29. The number of halogens is 3. The number of carbonyl (C=O) groups is 1. The van der Waals surface area contributed by atoms with Crippen molar-refractivity contribution in [3.05, 3.63) is 0 Å². The lowest BCUT2D eigenvalue weighted by Gasteiger charge is -2.15. The van der Waals surface area contributed by atoms with E-state index in [9.17, 15) is 18.0 Å². The van der Waals surface area contributed by atoms with E-state index in [1.807, 2.05) is 0 Å². The van der Waals surface area contributed by atoms with Gasteiger partial charge < -0.3 is 4.74 Å². The Labute approximate surface area is 73.2 Å². The van der Waals surface area contributed by atoms with Crippen LogP contribution in [0.4, 0.5) is 13.2 Å². The lowest BCUT2D eigenvalue weighted by atomic mass is 10.3. The SMILES string of the molecule is COC(=O)C1(NCC(F)(F)F)CC1. The largest absolute Gasteiger partial charge is 0.468 e. The Kier molecular flexibility index (Phi) is 2.51. The monoisotopic (exact) mass is 197 g/mol. The first-order chi connectivity index (χ1) is 5.90. The van der Waals surface area contributed by atoms with Gasteiger partial charge in [0.2, 0.25) is 0 Å². The molecule has 0 bridgehead atoms. The highest BCUT2D eigenvalue weighted by molar-refractivity contribution is 5.84. The van der Waals surface area contributed by atoms with Crippen LogP contribution in [0.5, 0.6) is 0 Å². The minimum absolute atomic E-state index is 0.412. The zero-order valence-electron chi connectivity index (χ0n) is 7.07. The topological polar surface area (TPSA) is 38.3 Å². The number of hydrogen-bond acceptors (Lipinski definition) is 3. The molecule has 3 nitrogen and oxygen atoms in total. The summed E-state index contributed by atoms with van der Waals surface area (Å²) in [7, 11) is 1.16. The average molecular weight is 197 g/mol. The van der Waals surface area contributed by atoms with Gasteiger partial charge in [-0.3, -0.25) is 10.1 Å². The van der Waals surface area contributed by atoms with Crippen LogP contribution in [-0.2, 0) is 9.53 Å². The quantitative estimate of drug-likeness (QED) is 0.681. The van der Waals surface area contributed by atoms with Gasteiger partial charge in [0.15, 0.2) is 0 Å². The van der Waals surface area contributed by atoms with Gasteiger partial charge in [0.1, 0.15) is 5.54 Å². The van der Waals surface area contributed by atoms with Gasteiger partial charge in [-0.05, 0) is 12.8 Å². The molecule has 0 aromatic carbocycles. The Morgan fingerprint density at radius 3 is 2.38 bits per heavy atom. The van der Waals surface area contributed by atoms with Gasteiger partial charge in [0.05, 0.1) is 13.7 Å². The molecule has 0 spiro atoms. The summed E-state index contributed by atoms with van der Waals surface area (Å²) in [4.78, 5) is 11.0. The predicted molar refractivity (Wildman–Crippen MR) is 38.0 cm³/mol. The zero-order valence-corrected chi connectivity index (χ0v) is 7.07. The maximum Gasteiger partial charge on any atom is 0.401 e. The van der Waals surface area contributed by atoms with Crippen LogP contribution in [0.3, 0.4) is 0 Å². The molecular weight excluding hydrogens is 187 g/mol. The van der Waals surface area contributed by atoms with E-state index in [0.29, 0.717) is 12.8 Å². The second-order valence-electron chi connectivity index (χ2n) is 3.04. The fourth-order valence-corrected chi connectivity index (χ4v) is 1.04. The molecule has 0 radical (unpaired) electrons. The Morgan fingerprint density at radius 2 is 2.08 bits per heavy atom. The molecule has 1 aliphatic carbocycles. The molecule has 1 saturated carbocycles. The summed E-state index contributed by atoms with van der Waals surface area (Å²) in [6.07, 6.45) is -3.46. The Hall–Kier alpha value is -0.780.